The van der Waals surface area contributed by atoms with Crippen LogP contribution in [0, 0.1) is 18.8 Å². The van der Waals surface area contributed by atoms with Crippen LogP contribution < -0.4 is 5.32 Å². The van der Waals surface area contributed by atoms with Crippen LogP contribution in [0.15, 0.2) is 61.1 Å². The smallest absolute Gasteiger partial charge is 0.323 e. The maximum absolute atomic E-state index is 12.9. The number of amides is 1. The third-order valence-corrected chi connectivity index (χ3v) is 5.22. The molecule has 0 saturated heterocycles. The summed E-state index contributed by atoms with van der Waals surface area (Å²) in [6, 6.07) is 10.2. The number of ketones is 1. The Morgan fingerprint density at radius 3 is 2.63 bits per heavy atom. The Morgan fingerprint density at radius 2 is 1.89 bits per heavy atom. The number of rotatable bonds is 4. The molecule has 0 fully saturated rings. The minimum absolute atomic E-state index is 0.0405. The lowest BCUT2D eigenvalue weighted by atomic mass is 10.00. The standard InChI is InChI=1S/C26H19F3N4O2/c1-16-5-6-19(24(35)14-21-13-20(9-10-30-21)26(27,28)29)12-18(16)7-8-22-15-31-25-23(32-17(2)34)4-3-11-33(22)25/h3-6,9-13,15H,14H2,1-2H3,(H,32,34). The van der Waals surface area contributed by atoms with Gasteiger partial charge in [0.25, 0.3) is 0 Å². The molecule has 6 nitrogen and oxygen atoms in total. The molecule has 3 heterocycles. The molecule has 4 rings (SSSR count). The number of halogens is 3. The molecule has 9 heteroatoms. The molecule has 0 radical (unpaired) electrons. The molecule has 0 atom stereocenters. The second-order valence-electron chi connectivity index (χ2n) is 7.85. The molecular weight excluding hydrogens is 457 g/mol. The fraction of sp³-hybridized carbons (Fsp3) is 0.154. The number of aromatic nitrogens is 3. The topological polar surface area (TPSA) is 76.4 Å². The number of hydrogen-bond acceptors (Lipinski definition) is 4. The quantitative estimate of drug-likeness (QED) is 0.338. The number of anilines is 1. The van der Waals surface area contributed by atoms with E-state index in [9.17, 15) is 22.8 Å². The van der Waals surface area contributed by atoms with E-state index >= 15 is 0 Å². The van der Waals surface area contributed by atoms with Gasteiger partial charge in [-0.2, -0.15) is 13.2 Å². The van der Waals surface area contributed by atoms with Crippen molar-refractivity contribution in [3.8, 4) is 11.8 Å². The molecule has 4 aromatic rings. The maximum atomic E-state index is 12.9. The lowest BCUT2D eigenvalue weighted by Gasteiger charge is -2.08. The highest BCUT2D eigenvalue weighted by Gasteiger charge is 2.30. The molecule has 1 amide bonds. The van der Waals surface area contributed by atoms with E-state index in [0.29, 0.717) is 28.2 Å². The summed E-state index contributed by atoms with van der Waals surface area (Å²) in [6.07, 6.45) is -0.373. The summed E-state index contributed by atoms with van der Waals surface area (Å²) in [4.78, 5) is 32.4. The van der Waals surface area contributed by atoms with Crippen LogP contribution >= 0.6 is 0 Å². The van der Waals surface area contributed by atoms with Crippen molar-refractivity contribution in [2.75, 3.05) is 5.32 Å². The van der Waals surface area contributed by atoms with Crippen molar-refractivity contribution in [3.63, 3.8) is 0 Å². The molecule has 0 bridgehead atoms. The van der Waals surface area contributed by atoms with Crippen molar-refractivity contribution >= 4 is 23.0 Å². The number of Topliss-reactive ketones (excluding diaryl/α,β-unsaturated/α-hetero) is 1. The van der Waals surface area contributed by atoms with Crippen LogP contribution in [0.25, 0.3) is 5.65 Å². The zero-order valence-electron chi connectivity index (χ0n) is 18.8. The number of pyridine rings is 2. The fourth-order valence-corrected chi connectivity index (χ4v) is 3.47. The van der Waals surface area contributed by atoms with E-state index in [-0.39, 0.29) is 23.8 Å². The Balaban J connectivity index is 1.60. The van der Waals surface area contributed by atoms with Crippen molar-refractivity contribution in [3.05, 3.63) is 94.7 Å². The van der Waals surface area contributed by atoms with E-state index in [0.717, 1.165) is 23.9 Å². The molecule has 1 aromatic carbocycles. The van der Waals surface area contributed by atoms with Gasteiger partial charge in [0.1, 0.15) is 5.69 Å². The second-order valence-corrected chi connectivity index (χ2v) is 7.85. The summed E-state index contributed by atoms with van der Waals surface area (Å²) in [5.41, 5.74) is 2.63. The Kier molecular flexibility index (Phi) is 6.38. The zero-order valence-corrected chi connectivity index (χ0v) is 18.8. The van der Waals surface area contributed by atoms with Crippen LogP contribution in [0.4, 0.5) is 18.9 Å². The highest BCUT2D eigenvalue weighted by molar-refractivity contribution is 5.97. The molecule has 176 valence electrons. The number of nitrogens with one attached hydrogen (secondary N) is 1. The van der Waals surface area contributed by atoms with Crippen molar-refractivity contribution in [1.29, 1.82) is 0 Å². The Morgan fingerprint density at radius 1 is 1.09 bits per heavy atom. The zero-order chi connectivity index (χ0) is 25.2. The van der Waals surface area contributed by atoms with Crippen molar-refractivity contribution < 1.29 is 22.8 Å². The van der Waals surface area contributed by atoms with Crippen molar-refractivity contribution in [1.82, 2.24) is 14.4 Å². The first kappa shape index (κ1) is 23.7. The third kappa shape index (κ3) is 5.38. The highest BCUT2D eigenvalue weighted by Crippen LogP contribution is 2.29. The molecule has 35 heavy (non-hydrogen) atoms. The number of benzene rings is 1. The molecule has 3 aromatic heterocycles. The van der Waals surface area contributed by atoms with E-state index in [1.807, 2.05) is 6.92 Å². The lowest BCUT2D eigenvalue weighted by Crippen LogP contribution is -2.09. The summed E-state index contributed by atoms with van der Waals surface area (Å²) in [7, 11) is 0. The van der Waals surface area contributed by atoms with Crippen LogP contribution in [0.5, 0.6) is 0 Å². The Bertz CT molecular complexity index is 1510. The summed E-state index contributed by atoms with van der Waals surface area (Å²) in [5.74, 6) is 5.49. The summed E-state index contributed by atoms with van der Waals surface area (Å²) in [6.45, 7) is 3.25. The number of nitrogens with zero attached hydrogens (tertiary/aromatic N) is 3. The van der Waals surface area contributed by atoms with E-state index in [1.165, 1.54) is 6.92 Å². The number of fused-ring (bicyclic) bond motifs is 1. The number of aryl methyl sites for hydroxylation is 1. The third-order valence-electron chi connectivity index (χ3n) is 5.22. The van der Waals surface area contributed by atoms with Gasteiger partial charge in [0.15, 0.2) is 11.4 Å². The average Bonchev–Trinajstić information content (AvgIpc) is 3.22. The van der Waals surface area contributed by atoms with E-state index in [4.69, 9.17) is 0 Å². The Hall–Kier alpha value is -4.45. The predicted molar refractivity (Wildman–Crippen MR) is 124 cm³/mol. The van der Waals surface area contributed by atoms with Crippen LogP contribution in [-0.4, -0.2) is 26.1 Å². The molecule has 1 N–H and O–H groups in total. The van der Waals surface area contributed by atoms with Crippen molar-refractivity contribution in [2.24, 2.45) is 0 Å². The van der Waals surface area contributed by atoms with Gasteiger partial charge in [0, 0.05) is 36.1 Å². The minimum atomic E-state index is -4.51. The van der Waals surface area contributed by atoms with Crippen LogP contribution in [-0.2, 0) is 17.4 Å². The molecule has 0 aliphatic carbocycles. The first-order valence-corrected chi connectivity index (χ1v) is 10.5. The SMILES string of the molecule is CC(=O)Nc1cccn2c(C#Cc3cc(C(=O)Cc4cc(C(F)(F)F)ccn4)ccc3C)cnc12. The number of alkyl halides is 3. The van der Waals surface area contributed by atoms with E-state index in [2.05, 4.69) is 27.1 Å². The average molecular weight is 476 g/mol. The monoisotopic (exact) mass is 476 g/mol. The number of carbonyl (C=O) groups excluding carboxylic acids is 2. The summed E-state index contributed by atoms with van der Waals surface area (Å²) >= 11 is 0. The predicted octanol–water partition coefficient (Wildman–Crippen LogP) is 4.84. The number of carbonyl (C=O) groups is 2. The molecular formula is C26H19F3N4O2. The second kappa shape index (κ2) is 9.43. The van der Waals surface area contributed by atoms with Gasteiger partial charge >= 0.3 is 6.18 Å². The molecule has 0 aliphatic heterocycles. The van der Waals surface area contributed by atoms with Crippen LogP contribution in [0.3, 0.4) is 0 Å². The van der Waals surface area contributed by atoms with Gasteiger partial charge in [-0.25, -0.2) is 4.98 Å². The van der Waals surface area contributed by atoms with Gasteiger partial charge in [-0.15, -0.1) is 0 Å². The van der Waals surface area contributed by atoms with Crippen LogP contribution in [0.1, 0.15) is 45.4 Å². The molecule has 0 spiro atoms. The minimum Gasteiger partial charge on any atom is -0.323 e. The first-order chi connectivity index (χ1) is 16.6. The van der Waals surface area contributed by atoms with E-state index < -0.39 is 11.7 Å². The summed E-state index contributed by atoms with van der Waals surface area (Å²) in [5, 5.41) is 2.72. The maximum Gasteiger partial charge on any atom is 0.416 e. The Labute approximate surface area is 198 Å². The first-order valence-electron chi connectivity index (χ1n) is 10.5. The number of imidazole rings is 1. The normalized spacial score (nSPS) is 11.1. The van der Waals surface area contributed by atoms with Gasteiger partial charge in [-0.05, 0) is 48.7 Å². The number of hydrogen-bond donors (Lipinski definition) is 1. The van der Waals surface area contributed by atoms with Crippen molar-refractivity contribution in [2.45, 2.75) is 26.4 Å². The molecule has 0 saturated carbocycles. The largest absolute Gasteiger partial charge is 0.416 e. The molecule has 0 aliphatic rings. The van der Waals surface area contributed by atoms with Gasteiger partial charge in [0.2, 0.25) is 5.91 Å². The fourth-order valence-electron chi connectivity index (χ4n) is 3.47. The van der Waals surface area contributed by atoms with Gasteiger partial charge in [0.05, 0.1) is 23.9 Å². The molecule has 0 unspecified atom stereocenters. The van der Waals surface area contributed by atoms with Crippen LogP contribution in [0.2, 0.25) is 0 Å². The van der Waals surface area contributed by atoms with Gasteiger partial charge < -0.3 is 5.32 Å². The highest BCUT2D eigenvalue weighted by atomic mass is 19.4. The van der Waals surface area contributed by atoms with Gasteiger partial charge in [-0.3, -0.25) is 19.0 Å². The lowest BCUT2D eigenvalue weighted by molar-refractivity contribution is -0.137. The summed E-state index contributed by atoms with van der Waals surface area (Å²) < 4.78 is 40.6. The van der Waals surface area contributed by atoms with E-state index in [1.54, 1.807) is 47.1 Å². The van der Waals surface area contributed by atoms with Gasteiger partial charge in [-0.1, -0.05) is 18.1 Å².